The number of thioether (sulfide) groups is 1. The van der Waals surface area contributed by atoms with E-state index in [-0.39, 0.29) is 5.91 Å². The highest BCUT2D eigenvalue weighted by Crippen LogP contribution is 2.29. The van der Waals surface area contributed by atoms with Gasteiger partial charge in [-0.05, 0) is 30.5 Å². The van der Waals surface area contributed by atoms with E-state index in [0.717, 1.165) is 35.1 Å². The van der Waals surface area contributed by atoms with Gasteiger partial charge in [-0.3, -0.25) is 4.79 Å². The Morgan fingerprint density at radius 3 is 2.73 bits per heavy atom. The van der Waals surface area contributed by atoms with Crippen molar-refractivity contribution in [3.05, 3.63) is 65.9 Å². The summed E-state index contributed by atoms with van der Waals surface area (Å²) in [5.74, 6) is 0.534. The van der Waals surface area contributed by atoms with Crippen LogP contribution in [-0.2, 0) is 18.3 Å². The Kier molecular flexibility index (Phi) is 4.55. The molecule has 0 N–H and O–H groups in total. The van der Waals surface area contributed by atoms with Crippen molar-refractivity contribution in [2.24, 2.45) is 7.05 Å². The van der Waals surface area contributed by atoms with Gasteiger partial charge in [-0.2, -0.15) is 0 Å². The maximum absolute atomic E-state index is 12.7. The van der Waals surface area contributed by atoms with Crippen molar-refractivity contribution >= 4 is 23.4 Å². The lowest BCUT2D eigenvalue weighted by Gasteiger charge is -2.17. The number of imidazole rings is 1. The molecule has 0 atom stereocenters. The summed E-state index contributed by atoms with van der Waals surface area (Å²) in [6.07, 6.45) is 2.81. The Balaban J connectivity index is 1.46. The number of hydrogen-bond donors (Lipinski definition) is 0. The molecule has 1 amide bonds. The second-order valence-electron chi connectivity index (χ2n) is 6.56. The lowest BCUT2D eigenvalue weighted by Crippen LogP contribution is -2.30. The molecule has 0 aliphatic carbocycles. The van der Waals surface area contributed by atoms with E-state index in [1.807, 2.05) is 36.3 Å². The van der Waals surface area contributed by atoms with Gasteiger partial charge in [0, 0.05) is 19.3 Å². The lowest BCUT2D eigenvalue weighted by molar-refractivity contribution is -0.116. The van der Waals surface area contributed by atoms with Crippen LogP contribution in [0.25, 0.3) is 11.3 Å². The van der Waals surface area contributed by atoms with Gasteiger partial charge in [-0.1, -0.05) is 59.8 Å². The van der Waals surface area contributed by atoms with Crippen LogP contribution in [0.3, 0.4) is 0 Å². The molecular formula is C21H21N3OS. The Hall–Kier alpha value is -2.53. The van der Waals surface area contributed by atoms with Crippen LogP contribution in [0.5, 0.6) is 0 Å². The first-order valence-corrected chi connectivity index (χ1v) is 9.72. The number of benzene rings is 2. The summed E-state index contributed by atoms with van der Waals surface area (Å²) >= 11 is 1.50. The number of fused-ring (bicyclic) bond motifs is 1. The monoisotopic (exact) mass is 363 g/mol. The number of para-hydroxylation sites is 1. The maximum atomic E-state index is 12.7. The van der Waals surface area contributed by atoms with Gasteiger partial charge in [0.25, 0.3) is 0 Å². The highest BCUT2D eigenvalue weighted by Gasteiger charge is 2.24. The molecule has 0 fully saturated rings. The molecule has 1 aliphatic heterocycles. The summed E-state index contributed by atoms with van der Waals surface area (Å²) in [5.41, 5.74) is 5.74. The first-order valence-electron chi connectivity index (χ1n) is 8.73. The van der Waals surface area contributed by atoms with E-state index in [2.05, 4.69) is 46.8 Å². The van der Waals surface area contributed by atoms with Gasteiger partial charge in [-0.25, -0.2) is 4.98 Å². The Labute approximate surface area is 157 Å². The van der Waals surface area contributed by atoms with Crippen LogP contribution < -0.4 is 4.90 Å². The van der Waals surface area contributed by atoms with Crippen molar-refractivity contribution in [1.82, 2.24) is 9.55 Å². The molecule has 4 rings (SSSR count). The summed E-state index contributed by atoms with van der Waals surface area (Å²) in [6, 6.07) is 16.6. The van der Waals surface area contributed by atoms with E-state index in [9.17, 15) is 4.79 Å². The van der Waals surface area contributed by atoms with Crippen LogP contribution >= 0.6 is 11.8 Å². The third-order valence-corrected chi connectivity index (χ3v) is 5.83. The van der Waals surface area contributed by atoms with Gasteiger partial charge >= 0.3 is 0 Å². The molecule has 2 heterocycles. The van der Waals surface area contributed by atoms with Crippen LogP contribution in [0.2, 0.25) is 0 Å². The minimum Gasteiger partial charge on any atom is -0.322 e. The van der Waals surface area contributed by atoms with E-state index in [1.54, 1.807) is 0 Å². The number of aryl methyl sites for hydroxylation is 1. The van der Waals surface area contributed by atoms with Crippen molar-refractivity contribution in [1.29, 1.82) is 0 Å². The number of amides is 1. The number of hydrogen-bond acceptors (Lipinski definition) is 3. The van der Waals surface area contributed by atoms with Crippen LogP contribution in [0.4, 0.5) is 5.69 Å². The zero-order valence-electron chi connectivity index (χ0n) is 15.0. The van der Waals surface area contributed by atoms with Gasteiger partial charge in [0.1, 0.15) is 0 Å². The van der Waals surface area contributed by atoms with E-state index < -0.39 is 0 Å². The van der Waals surface area contributed by atoms with Gasteiger partial charge in [0.05, 0.1) is 17.6 Å². The average Bonchev–Trinajstić information content (AvgIpc) is 3.24. The highest BCUT2D eigenvalue weighted by atomic mass is 32.2. The van der Waals surface area contributed by atoms with Crippen LogP contribution in [0.1, 0.15) is 11.1 Å². The van der Waals surface area contributed by atoms with Crippen molar-refractivity contribution in [3.63, 3.8) is 0 Å². The van der Waals surface area contributed by atoms with Crippen LogP contribution in [-0.4, -0.2) is 27.8 Å². The predicted molar refractivity (Wildman–Crippen MR) is 107 cm³/mol. The molecule has 1 aromatic heterocycles. The molecule has 0 radical (unpaired) electrons. The van der Waals surface area contributed by atoms with Crippen molar-refractivity contribution in [2.45, 2.75) is 18.5 Å². The zero-order valence-corrected chi connectivity index (χ0v) is 15.8. The molecule has 0 spiro atoms. The second kappa shape index (κ2) is 7.00. The predicted octanol–water partition coefficient (Wildman–Crippen LogP) is 4.08. The molecule has 26 heavy (non-hydrogen) atoms. The minimum atomic E-state index is 0.139. The van der Waals surface area contributed by atoms with E-state index in [4.69, 9.17) is 0 Å². The van der Waals surface area contributed by atoms with E-state index in [1.165, 1.54) is 22.9 Å². The summed E-state index contributed by atoms with van der Waals surface area (Å²) < 4.78 is 2.06. The van der Waals surface area contributed by atoms with Crippen molar-refractivity contribution in [3.8, 4) is 11.3 Å². The highest BCUT2D eigenvalue weighted by molar-refractivity contribution is 7.99. The standard InChI is InChI=1S/C21H21N3OS/c1-15-7-9-17(10-8-15)19-13-22-21(23(19)2)26-14-20(25)24-12-11-16-5-3-4-6-18(16)24/h3-10,13H,11-12,14H2,1-2H3. The quantitative estimate of drug-likeness (QED) is 0.656. The SMILES string of the molecule is Cc1ccc(-c2cnc(SCC(=O)N3CCc4ccccc43)n2C)cc1. The summed E-state index contributed by atoms with van der Waals surface area (Å²) in [7, 11) is 2.00. The number of aromatic nitrogens is 2. The minimum absolute atomic E-state index is 0.139. The number of rotatable bonds is 4. The second-order valence-corrected chi connectivity index (χ2v) is 7.51. The van der Waals surface area contributed by atoms with Gasteiger partial charge < -0.3 is 9.47 Å². The third-order valence-electron chi connectivity index (χ3n) is 4.81. The first-order chi connectivity index (χ1) is 12.6. The first kappa shape index (κ1) is 16.9. The fourth-order valence-electron chi connectivity index (χ4n) is 3.32. The average molecular weight is 363 g/mol. The normalized spacial score (nSPS) is 13.1. The smallest absolute Gasteiger partial charge is 0.237 e. The largest absolute Gasteiger partial charge is 0.322 e. The maximum Gasteiger partial charge on any atom is 0.237 e. The molecule has 3 aromatic rings. The van der Waals surface area contributed by atoms with Gasteiger partial charge in [-0.15, -0.1) is 0 Å². The van der Waals surface area contributed by atoms with Crippen LogP contribution in [0.15, 0.2) is 59.9 Å². The molecule has 1 aliphatic rings. The Morgan fingerprint density at radius 2 is 1.92 bits per heavy atom. The molecule has 132 valence electrons. The topological polar surface area (TPSA) is 38.1 Å². The lowest BCUT2D eigenvalue weighted by atomic mass is 10.1. The van der Waals surface area contributed by atoms with E-state index in [0.29, 0.717) is 5.75 Å². The molecule has 0 saturated heterocycles. The molecule has 2 aromatic carbocycles. The van der Waals surface area contributed by atoms with E-state index >= 15 is 0 Å². The number of nitrogens with zero attached hydrogens (tertiary/aromatic N) is 3. The fourth-order valence-corrected chi connectivity index (χ4v) is 4.15. The molecule has 5 heteroatoms. The van der Waals surface area contributed by atoms with Crippen molar-refractivity contribution < 1.29 is 4.79 Å². The Morgan fingerprint density at radius 1 is 1.15 bits per heavy atom. The molecule has 0 bridgehead atoms. The summed E-state index contributed by atoms with van der Waals surface area (Å²) in [6.45, 7) is 2.85. The molecular weight excluding hydrogens is 342 g/mol. The Bertz CT molecular complexity index is 946. The summed E-state index contributed by atoms with van der Waals surface area (Å²) in [5, 5.41) is 0.862. The number of anilines is 1. The van der Waals surface area contributed by atoms with Crippen molar-refractivity contribution in [2.75, 3.05) is 17.2 Å². The number of carbonyl (C=O) groups is 1. The molecule has 0 saturated carbocycles. The third kappa shape index (κ3) is 3.15. The fraction of sp³-hybridized carbons (Fsp3) is 0.238. The number of carbonyl (C=O) groups excluding carboxylic acids is 1. The molecule has 0 unspecified atom stereocenters. The van der Waals surface area contributed by atoms with Crippen LogP contribution in [0, 0.1) is 6.92 Å². The zero-order chi connectivity index (χ0) is 18.1. The van der Waals surface area contributed by atoms with Gasteiger partial charge in [0.2, 0.25) is 5.91 Å². The van der Waals surface area contributed by atoms with Gasteiger partial charge in [0.15, 0.2) is 5.16 Å². The molecule has 4 nitrogen and oxygen atoms in total. The summed E-state index contributed by atoms with van der Waals surface area (Å²) in [4.78, 5) is 19.1.